The van der Waals surface area contributed by atoms with Gasteiger partial charge in [0.05, 0.1) is 13.7 Å². The Morgan fingerprint density at radius 3 is 3.16 bits per heavy atom. The molecule has 0 aromatic heterocycles. The lowest BCUT2D eigenvalue weighted by Gasteiger charge is -2.10. The summed E-state index contributed by atoms with van der Waals surface area (Å²) in [7, 11) is 1.59. The van der Waals surface area contributed by atoms with Crippen molar-refractivity contribution in [2.45, 2.75) is 12.8 Å². The van der Waals surface area contributed by atoms with Gasteiger partial charge in [0, 0.05) is 11.8 Å². The molecule has 1 unspecified atom stereocenters. The van der Waals surface area contributed by atoms with Crippen LogP contribution in [0.5, 0.6) is 5.75 Å². The van der Waals surface area contributed by atoms with Crippen LogP contribution in [0.3, 0.4) is 0 Å². The summed E-state index contributed by atoms with van der Waals surface area (Å²) in [5.41, 5.74) is 0.673. The fraction of sp³-hybridized carbons (Fsp3) is 0.500. The Morgan fingerprint density at radius 1 is 1.53 bits per heavy atom. The largest absolute Gasteiger partial charge is 0.497 e. The highest BCUT2D eigenvalue weighted by Gasteiger charge is 2.14. The molecule has 5 nitrogen and oxygen atoms in total. The van der Waals surface area contributed by atoms with Crippen LogP contribution in [-0.2, 0) is 4.74 Å². The fourth-order valence-electron chi connectivity index (χ4n) is 2.13. The summed E-state index contributed by atoms with van der Waals surface area (Å²) in [5, 5.41) is 5.98. The van der Waals surface area contributed by atoms with Gasteiger partial charge in [0.15, 0.2) is 0 Å². The number of amides is 1. The molecular weight excluding hydrogens is 244 g/mol. The third kappa shape index (κ3) is 4.44. The second-order valence-corrected chi connectivity index (χ2v) is 4.64. The minimum atomic E-state index is -0.417. The quantitative estimate of drug-likeness (QED) is 0.856. The van der Waals surface area contributed by atoms with Crippen LogP contribution < -0.4 is 15.4 Å². The summed E-state index contributed by atoms with van der Waals surface area (Å²) < 4.78 is 10.2. The highest BCUT2D eigenvalue weighted by molar-refractivity contribution is 5.84. The van der Waals surface area contributed by atoms with Crippen molar-refractivity contribution < 1.29 is 14.3 Å². The number of anilines is 1. The van der Waals surface area contributed by atoms with Crippen LogP contribution in [0.25, 0.3) is 0 Å². The van der Waals surface area contributed by atoms with Gasteiger partial charge < -0.3 is 14.8 Å². The normalized spacial score (nSPS) is 18.1. The third-order valence-electron chi connectivity index (χ3n) is 3.24. The molecule has 1 saturated heterocycles. The van der Waals surface area contributed by atoms with Gasteiger partial charge in [-0.15, -0.1) is 0 Å². The number of ether oxygens (including phenoxy) is 2. The molecule has 1 aliphatic heterocycles. The standard InChI is InChI=1S/C14H20N2O3/c1-18-13-4-2-3-12(9-13)16-14(17)19-8-6-11-5-7-15-10-11/h2-4,9,11,15H,5-8,10H2,1H3,(H,16,17). The Balaban J connectivity index is 1.70. The molecule has 1 aliphatic rings. The van der Waals surface area contributed by atoms with Crippen LogP contribution in [0.1, 0.15) is 12.8 Å². The lowest BCUT2D eigenvalue weighted by molar-refractivity contribution is 0.154. The van der Waals surface area contributed by atoms with E-state index in [0.717, 1.165) is 19.5 Å². The zero-order chi connectivity index (χ0) is 13.5. The van der Waals surface area contributed by atoms with E-state index in [9.17, 15) is 4.79 Å². The maximum absolute atomic E-state index is 11.6. The summed E-state index contributed by atoms with van der Waals surface area (Å²) >= 11 is 0. The second kappa shape index (κ2) is 6.99. The monoisotopic (exact) mass is 264 g/mol. The lowest BCUT2D eigenvalue weighted by Crippen LogP contribution is -2.17. The van der Waals surface area contributed by atoms with Crippen LogP contribution in [-0.4, -0.2) is 32.9 Å². The highest BCUT2D eigenvalue weighted by atomic mass is 16.5. The van der Waals surface area contributed by atoms with Crippen LogP contribution in [0.15, 0.2) is 24.3 Å². The summed E-state index contributed by atoms with van der Waals surface area (Å²) in [6.07, 6.45) is 1.67. The van der Waals surface area contributed by atoms with Crippen molar-refractivity contribution in [3.63, 3.8) is 0 Å². The Hall–Kier alpha value is -1.75. The average Bonchev–Trinajstić information content (AvgIpc) is 2.92. The number of methoxy groups -OCH3 is 1. The molecule has 1 atom stereocenters. The van der Waals surface area contributed by atoms with Gasteiger partial charge in [0.1, 0.15) is 5.75 Å². The molecule has 2 N–H and O–H groups in total. The molecular formula is C14H20N2O3. The Kier molecular flexibility index (Phi) is 5.03. The van der Waals surface area contributed by atoms with Crippen LogP contribution in [0.4, 0.5) is 10.5 Å². The van der Waals surface area contributed by atoms with E-state index >= 15 is 0 Å². The first-order chi connectivity index (χ1) is 9.28. The molecule has 1 heterocycles. The maximum Gasteiger partial charge on any atom is 0.411 e. The molecule has 5 heteroatoms. The molecule has 0 spiro atoms. The number of nitrogens with one attached hydrogen (secondary N) is 2. The van der Waals surface area contributed by atoms with Crippen molar-refractivity contribution in [2.75, 3.05) is 32.1 Å². The number of benzene rings is 1. The zero-order valence-electron chi connectivity index (χ0n) is 11.1. The van der Waals surface area contributed by atoms with Gasteiger partial charge in [-0.2, -0.15) is 0 Å². The third-order valence-corrected chi connectivity index (χ3v) is 3.24. The average molecular weight is 264 g/mol. The van der Waals surface area contributed by atoms with Gasteiger partial charge in [-0.05, 0) is 44.0 Å². The first-order valence-corrected chi connectivity index (χ1v) is 6.56. The van der Waals surface area contributed by atoms with E-state index in [1.165, 1.54) is 6.42 Å². The maximum atomic E-state index is 11.6. The van der Waals surface area contributed by atoms with Crippen molar-refractivity contribution in [1.29, 1.82) is 0 Å². The number of carbonyl (C=O) groups is 1. The zero-order valence-corrected chi connectivity index (χ0v) is 11.1. The smallest absolute Gasteiger partial charge is 0.411 e. The minimum absolute atomic E-state index is 0.417. The molecule has 19 heavy (non-hydrogen) atoms. The van der Waals surface area contributed by atoms with Gasteiger partial charge in [0.25, 0.3) is 0 Å². The lowest BCUT2D eigenvalue weighted by atomic mass is 10.1. The van der Waals surface area contributed by atoms with Gasteiger partial charge in [0.2, 0.25) is 0 Å². The molecule has 2 rings (SSSR count). The van der Waals surface area contributed by atoms with Crippen LogP contribution >= 0.6 is 0 Å². The summed E-state index contributed by atoms with van der Waals surface area (Å²) in [4.78, 5) is 11.6. The van der Waals surface area contributed by atoms with Crippen LogP contribution in [0, 0.1) is 5.92 Å². The van der Waals surface area contributed by atoms with Crippen LogP contribution in [0.2, 0.25) is 0 Å². The highest BCUT2D eigenvalue weighted by Crippen LogP contribution is 2.17. The van der Waals surface area contributed by atoms with E-state index in [2.05, 4.69) is 10.6 Å². The fourth-order valence-corrected chi connectivity index (χ4v) is 2.13. The van der Waals surface area contributed by atoms with Gasteiger partial charge in [-0.3, -0.25) is 5.32 Å². The molecule has 0 aliphatic carbocycles. The predicted octanol–water partition coefficient (Wildman–Crippen LogP) is 2.24. The van der Waals surface area contributed by atoms with Gasteiger partial charge in [-0.25, -0.2) is 4.79 Å². The molecule has 104 valence electrons. The molecule has 1 fully saturated rings. The van der Waals surface area contributed by atoms with E-state index < -0.39 is 6.09 Å². The number of hydrogen-bond donors (Lipinski definition) is 2. The van der Waals surface area contributed by atoms with Gasteiger partial charge in [-0.1, -0.05) is 6.07 Å². The van der Waals surface area contributed by atoms with Crippen molar-refractivity contribution >= 4 is 11.8 Å². The first kappa shape index (κ1) is 13.7. The molecule has 0 saturated carbocycles. The number of hydrogen-bond acceptors (Lipinski definition) is 4. The Labute approximate surface area is 113 Å². The molecule has 1 aromatic rings. The number of rotatable bonds is 5. The molecule has 1 aromatic carbocycles. The van der Waals surface area contributed by atoms with E-state index in [0.29, 0.717) is 24.0 Å². The minimum Gasteiger partial charge on any atom is -0.497 e. The predicted molar refractivity (Wildman–Crippen MR) is 73.6 cm³/mol. The van der Waals surface area contributed by atoms with Crippen molar-refractivity contribution in [3.05, 3.63) is 24.3 Å². The first-order valence-electron chi connectivity index (χ1n) is 6.56. The molecule has 0 bridgehead atoms. The second-order valence-electron chi connectivity index (χ2n) is 4.64. The molecule has 1 amide bonds. The van der Waals surface area contributed by atoms with Gasteiger partial charge >= 0.3 is 6.09 Å². The summed E-state index contributed by atoms with van der Waals surface area (Å²) in [5.74, 6) is 1.33. The van der Waals surface area contributed by atoms with Crippen molar-refractivity contribution in [3.8, 4) is 5.75 Å². The Bertz CT molecular complexity index is 417. The Morgan fingerprint density at radius 2 is 2.42 bits per heavy atom. The molecule has 0 radical (unpaired) electrons. The van der Waals surface area contributed by atoms with Crippen molar-refractivity contribution in [2.24, 2.45) is 5.92 Å². The topological polar surface area (TPSA) is 59.6 Å². The number of carbonyl (C=O) groups excluding carboxylic acids is 1. The van der Waals surface area contributed by atoms with E-state index in [4.69, 9.17) is 9.47 Å². The van der Waals surface area contributed by atoms with E-state index in [1.807, 2.05) is 12.1 Å². The SMILES string of the molecule is COc1cccc(NC(=O)OCCC2CCNC2)c1. The van der Waals surface area contributed by atoms with Crippen molar-refractivity contribution in [1.82, 2.24) is 5.32 Å². The summed E-state index contributed by atoms with van der Waals surface area (Å²) in [6, 6.07) is 7.19. The summed E-state index contributed by atoms with van der Waals surface area (Å²) in [6.45, 7) is 2.56. The van der Waals surface area contributed by atoms with E-state index in [1.54, 1.807) is 19.2 Å². The van der Waals surface area contributed by atoms with E-state index in [-0.39, 0.29) is 0 Å².